The molecular weight excluding hydrogens is 172 g/mol. The first kappa shape index (κ1) is 10.6. The van der Waals surface area contributed by atoms with Gasteiger partial charge in [0.15, 0.2) is 0 Å². The Kier molecular flexibility index (Phi) is 4.62. The van der Waals surface area contributed by atoms with Crippen molar-refractivity contribution in [3.63, 3.8) is 0 Å². The Morgan fingerprint density at radius 3 is 3.07 bits per heavy atom. The molecular formula is C12H16N2. The van der Waals surface area contributed by atoms with Crippen LogP contribution in [0.1, 0.15) is 13.3 Å². The van der Waals surface area contributed by atoms with Crippen molar-refractivity contribution in [2.75, 3.05) is 13.6 Å². The van der Waals surface area contributed by atoms with Crippen molar-refractivity contribution in [2.24, 2.45) is 9.98 Å². The minimum Gasteiger partial charge on any atom is -0.286 e. The van der Waals surface area contributed by atoms with Gasteiger partial charge >= 0.3 is 0 Å². The Bertz CT molecular complexity index is 317. The van der Waals surface area contributed by atoms with Gasteiger partial charge in [0.1, 0.15) is 0 Å². The average molecular weight is 188 g/mol. The van der Waals surface area contributed by atoms with Crippen LogP contribution in [0.15, 0.2) is 46.4 Å². The third kappa shape index (κ3) is 3.13. The van der Waals surface area contributed by atoms with Crippen LogP contribution < -0.4 is 0 Å². The Labute approximate surface area is 85.5 Å². The van der Waals surface area contributed by atoms with E-state index in [1.54, 1.807) is 7.05 Å². The molecule has 1 aliphatic heterocycles. The molecule has 0 amide bonds. The summed E-state index contributed by atoms with van der Waals surface area (Å²) in [6.45, 7) is 2.82. The maximum Gasteiger partial charge on any atom is 0.0826 e. The van der Waals surface area contributed by atoms with Gasteiger partial charge in [-0.05, 0) is 25.5 Å². The predicted octanol–water partition coefficient (Wildman–Crippen LogP) is 2.59. The zero-order chi connectivity index (χ0) is 10.2. The molecule has 0 spiro atoms. The molecule has 0 aromatic rings. The van der Waals surface area contributed by atoms with E-state index in [2.05, 4.69) is 22.1 Å². The highest BCUT2D eigenvalue weighted by atomic mass is 14.8. The molecule has 2 heteroatoms. The largest absolute Gasteiger partial charge is 0.286 e. The summed E-state index contributed by atoms with van der Waals surface area (Å²) in [5, 5.41) is 0. The van der Waals surface area contributed by atoms with Crippen LogP contribution in [0.25, 0.3) is 0 Å². The van der Waals surface area contributed by atoms with Crippen LogP contribution in [-0.2, 0) is 0 Å². The van der Waals surface area contributed by atoms with Gasteiger partial charge in [-0.15, -0.1) is 0 Å². The zero-order valence-electron chi connectivity index (χ0n) is 8.77. The minimum atomic E-state index is 0.840. The van der Waals surface area contributed by atoms with Crippen molar-refractivity contribution in [1.82, 2.24) is 0 Å². The lowest BCUT2D eigenvalue weighted by Gasteiger charge is -2.02. The average Bonchev–Trinajstić information content (AvgIpc) is 2.15. The van der Waals surface area contributed by atoms with E-state index in [1.807, 2.05) is 31.2 Å². The monoisotopic (exact) mass is 188 g/mol. The predicted molar refractivity (Wildman–Crippen MR) is 63.4 cm³/mol. The lowest BCUT2D eigenvalue weighted by atomic mass is 10.1. The smallest absolute Gasteiger partial charge is 0.0826 e. The lowest BCUT2D eigenvalue weighted by molar-refractivity contribution is 1.01. The van der Waals surface area contributed by atoms with Gasteiger partial charge in [0, 0.05) is 13.6 Å². The molecule has 0 atom stereocenters. The first-order valence-electron chi connectivity index (χ1n) is 4.86. The summed E-state index contributed by atoms with van der Waals surface area (Å²) in [5.41, 5.74) is 1.91. The number of aliphatic imine (C=N–C) groups is 2. The SMILES string of the molecule is C/C=C\C(=NC)C1=NCC/C=C\C=C1. The van der Waals surface area contributed by atoms with E-state index >= 15 is 0 Å². The van der Waals surface area contributed by atoms with Crippen LogP contribution in [-0.4, -0.2) is 25.0 Å². The second-order valence-electron chi connectivity index (χ2n) is 2.95. The topological polar surface area (TPSA) is 24.7 Å². The van der Waals surface area contributed by atoms with E-state index < -0.39 is 0 Å². The summed E-state index contributed by atoms with van der Waals surface area (Å²) in [4.78, 5) is 8.67. The van der Waals surface area contributed by atoms with Crippen molar-refractivity contribution < 1.29 is 0 Å². The van der Waals surface area contributed by atoms with Gasteiger partial charge in [-0.25, -0.2) is 0 Å². The van der Waals surface area contributed by atoms with Crippen molar-refractivity contribution in [3.05, 3.63) is 36.5 Å². The number of nitrogens with zero attached hydrogens (tertiary/aromatic N) is 2. The van der Waals surface area contributed by atoms with Crippen molar-refractivity contribution in [3.8, 4) is 0 Å². The quantitative estimate of drug-likeness (QED) is 0.595. The van der Waals surface area contributed by atoms with Gasteiger partial charge in [0.05, 0.1) is 11.4 Å². The fraction of sp³-hybridized carbons (Fsp3) is 0.333. The summed E-state index contributed by atoms with van der Waals surface area (Å²) in [5.74, 6) is 0. The molecule has 0 aliphatic carbocycles. The van der Waals surface area contributed by atoms with E-state index in [4.69, 9.17) is 0 Å². The van der Waals surface area contributed by atoms with E-state index in [0.29, 0.717) is 0 Å². The van der Waals surface area contributed by atoms with Gasteiger partial charge in [0.2, 0.25) is 0 Å². The Balaban J connectivity index is 2.88. The molecule has 0 saturated carbocycles. The van der Waals surface area contributed by atoms with E-state index in [-0.39, 0.29) is 0 Å². The van der Waals surface area contributed by atoms with Gasteiger partial charge < -0.3 is 0 Å². The molecule has 0 radical (unpaired) electrons. The van der Waals surface area contributed by atoms with Gasteiger partial charge in [0.25, 0.3) is 0 Å². The molecule has 0 fully saturated rings. The number of hydrogen-bond donors (Lipinski definition) is 0. The number of hydrogen-bond acceptors (Lipinski definition) is 2. The third-order valence-electron chi connectivity index (χ3n) is 1.91. The van der Waals surface area contributed by atoms with Gasteiger partial charge in [-0.2, -0.15) is 0 Å². The summed E-state index contributed by atoms with van der Waals surface area (Å²) < 4.78 is 0. The third-order valence-corrected chi connectivity index (χ3v) is 1.91. The molecule has 0 N–H and O–H groups in total. The van der Waals surface area contributed by atoms with Crippen LogP contribution in [0.4, 0.5) is 0 Å². The number of rotatable bonds is 2. The van der Waals surface area contributed by atoms with Crippen LogP contribution in [0.5, 0.6) is 0 Å². The molecule has 0 unspecified atom stereocenters. The molecule has 0 aromatic carbocycles. The van der Waals surface area contributed by atoms with Crippen LogP contribution in [0.2, 0.25) is 0 Å². The van der Waals surface area contributed by atoms with Gasteiger partial charge in [-0.3, -0.25) is 9.98 Å². The Morgan fingerprint density at radius 2 is 2.36 bits per heavy atom. The van der Waals surface area contributed by atoms with E-state index in [9.17, 15) is 0 Å². The van der Waals surface area contributed by atoms with E-state index in [0.717, 1.165) is 24.4 Å². The van der Waals surface area contributed by atoms with Crippen molar-refractivity contribution in [1.29, 1.82) is 0 Å². The molecule has 2 nitrogen and oxygen atoms in total. The molecule has 1 aliphatic rings. The fourth-order valence-corrected chi connectivity index (χ4v) is 1.23. The summed E-state index contributed by atoms with van der Waals surface area (Å²) >= 11 is 0. The van der Waals surface area contributed by atoms with E-state index in [1.165, 1.54) is 0 Å². The second kappa shape index (κ2) is 6.08. The molecule has 0 aromatic heterocycles. The lowest BCUT2D eigenvalue weighted by Crippen LogP contribution is -2.10. The molecule has 0 bridgehead atoms. The Hall–Kier alpha value is -1.44. The highest BCUT2D eigenvalue weighted by molar-refractivity contribution is 6.50. The highest BCUT2D eigenvalue weighted by Crippen LogP contribution is 1.97. The summed E-state index contributed by atoms with van der Waals surface area (Å²) in [7, 11) is 1.79. The molecule has 74 valence electrons. The molecule has 0 saturated heterocycles. The molecule has 14 heavy (non-hydrogen) atoms. The first-order valence-corrected chi connectivity index (χ1v) is 4.86. The first-order chi connectivity index (χ1) is 6.88. The fourth-order valence-electron chi connectivity index (χ4n) is 1.23. The van der Waals surface area contributed by atoms with Crippen LogP contribution in [0, 0.1) is 0 Å². The maximum absolute atomic E-state index is 4.47. The summed E-state index contributed by atoms with van der Waals surface area (Å²) in [6.07, 6.45) is 13.1. The van der Waals surface area contributed by atoms with Crippen LogP contribution in [0.3, 0.4) is 0 Å². The van der Waals surface area contributed by atoms with Gasteiger partial charge in [-0.1, -0.05) is 24.3 Å². The normalized spacial score (nSPS) is 20.4. The zero-order valence-corrected chi connectivity index (χ0v) is 8.77. The van der Waals surface area contributed by atoms with Crippen molar-refractivity contribution in [2.45, 2.75) is 13.3 Å². The highest BCUT2D eigenvalue weighted by Gasteiger charge is 2.00. The minimum absolute atomic E-state index is 0.840. The Morgan fingerprint density at radius 1 is 1.50 bits per heavy atom. The second-order valence-corrected chi connectivity index (χ2v) is 2.95. The maximum atomic E-state index is 4.47. The molecule has 1 rings (SSSR count). The molecule has 1 heterocycles. The van der Waals surface area contributed by atoms with Crippen molar-refractivity contribution >= 4 is 11.4 Å². The summed E-state index contributed by atoms with van der Waals surface area (Å²) in [6, 6.07) is 0. The standard InChI is InChI=1S/C12H16N2/c1-3-8-11(13-2)12-9-6-4-5-7-10-14-12/h3-6,8-9H,7,10H2,1-2H3/b5-4-,8-3-,9-6?,13-11?,14-12?. The van der Waals surface area contributed by atoms with Crippen LogP contribution >= 0.6 is 0 Å². The number of allylic oxidation sites excluding steroid dienone is 5.